The van der Waals surface area contributed by atoms with Gasteiger partial charge in [-0.3, -0.25) is 4.79 Å². The average molecular weight is 466 g/mol. The Hall–Kier alpha value is -3.32. The molecule has 0 aliphatic carbocycles. The SMILES string of the molecule is COc1cc(C(=O)NCc2cn3ccccc3n2)cc(Br)c1OCc1ccccc1. The average Bonchev–Trinajstić information content (AvgIpc) is 3.20. The van der Waals surface area contributed by atoms with E-state index in [1.807, 2.05) is 65.3 Å². The number of aromatic nitrogens is 2. The predicted octanol–water partition coefficient (Wildman–Crippen LogP) is 4.61. The molecule has 2 heterocycles. The van der Waals surface area contributed by atoms with Gasteiger partial charge in [0.05, 0.1) is 23.8 Å². The molecule has 1 N–H and O–H groups in total. The molecule has 2 aromatic heterocycles. The summed E-state index contributed by atoms with van der Waals surface area (Å²) >= 11 is 3.50. The van der Waals surface area contributed by atoms with Gasteiger partial charge in [0.2, 0.25) is 0 Å². The van der Waals surface area contributed by atoms with E-state index in [9.17, 15) is 4.79 Å². The third-order valence-electron chi connectivity index (χ3n) is 4.56. The summed E-state index contributed by atoms with van der Waals surface area (Å²) in [4.78, 5) is 17.2. The van der Waals surface area contributed by atoms with Crippen molar-refractivity contribution in [3.8, 4) is 11.5 Å². The standard InChI is InChI=1S/C23H20BrN3O3/c1-29-20-12-17(11-19(24)22(20)30-15-16-7-3-2-4-8-16)23(28)25-13-18-14-27-10-6-5-9-21(27)26-18/h2-12,14H,13,15H2,1H3,(H,25,28). The summed E-state index contributed by atoms with van der Waals surface area (Å²) in [5, 5.41) is 2.90. The molecule has 0 bridgehead atoms. The first-order valence-electron chi connectivity index (χ1n) is 9.39. The van der Waals surface area contributed by atoms with Crippen molar-refractivity contribution in [2.75, 3.05) is 7.11 Å². The molecule has 4 aromatic rings. The van der Waals surface area contributed by atoms with Gasteiger partial charge in [0.1, 0.15) is 12.3 Å². The molecule has 0 aliphatic heterocycles. The fraction of sp³-hybridized carbons (Fsp3) is 0.130. The van der Waals surface area contributed by atoms with E-state index < -0.39 is 0 Å². The first kappa shape index (κ1) is 20.0. The Morgan fingerprint density at radius 3 is 2.70 bits per heavy atom. The van der Waals surface area contributed by atoms with Crippen LogP contribution in [-0.2, 0) is 13.2 Å². The zero-order chi connectivity index (χ0) is 20.9. The molecule has 0 aliphatic rings. The van der Waals surface area contributed by atoms with Gasteiger partial charge in [0.15, 0.2) is 11.5 Å². The van der Waals surface area contributed by atoms with Crippen LogP contribution >= 0.6 is 15.9 Å². The number of pyridine rings is 1. The van der Waals surface area contributed by atoms with E-state index in [-0.39, 0.29) is 5.91 Å². The summed E-state index contributed by atoms with van der Waals surface area (Å²) < 4.78 is 13.9. The predicted molar refractivity (Wildman–Crippen MR) is 118 cm³/mol. The lowest BCUT2D eigenvalue weighted by molar-refractivity contribution is 0.0950. The maximum Gasteiger partial charge on any atom is 0.251 e. The Bertz CT molecular complexity index is 1140. The molecular formula is C23H20BrN3O3. The van der Waals surface area contributed by atoms with Crippen molar-refractivity contribution in [3.05, 3.63) is 94.4 Å². The van der Waals surface area contributed by atoms with Gasteiger partial charge >= 0.3 is 0 Å². The van der Waals surface area contributed by atoms with Crippen molar-refractivity contribution >= 4 is 27.5 Å². The van der Waals surface area contributed by atoms with Crippen LogP contribution in [0.5, 0.6) is 11.5 Å². The van der Waals surface area contributed by atoms with E-state index in [1.165, 1.54) is 0 Å². The number of hydrogen-bond acceptors (Lipinski definition) is 4. The first-order valence-corrected chi connectivity index (χ1v) is 10.2. The molecule has 0 atom stereocenters. The minimum absolute atomic E-state index is 0.222. The molecule has 7 heteroatoms. The van der Waals surface area contributed by atoms with Gasteiger partial charge in [-0.25, -0.2) is 4.98 Å². The van der Waals surface area contributed by atoms with E-state index in [0.717, 1.165) is 16.9 Å². The number of imidazole rings is 1. The summed E-state index contributed by atoms with van der Waals surface area (Å²) in [7, 11) is 1.55. The molecule has 4 rings (SSSR count). The number of nitrogens with zero attached hydrogens (tertiary/aromatic N) is 2. The van der Waals surface area contributed by atoms with Crippen LogP contribution in [0.4, 0.5) is 0 Å². The highest BCUT2D eigenvalue weighted by Gasteiger charge is 2.16. The maximum absolute atomic E-state index is 12.7. The Labute approximate surface area is 182 Å². The van der Waals surface area contributed by atoms with Gasteiger partial charge in [0.25, 0.3) is 5.91 Å². The molecule has 30 heavy (non-hydrogen) atoms. The largest absolute Gasteiger partial charge is 0.493 e. The van der Waals surface area contributed by atoms with E-state index in [2.05, 4.69) is 26.2 Å². The van der Waals surface area contributed by atoms with E-state index >= 15 is 0 Å². The number of halogens is 1. The monoisotopic (exact) mass is 465 g/mol. The number of fused-ring (bicyclic) bond motifs is 1. The fourth-order valence-corrected chi connectivity index (χ4v) is 3.62. The van der Waals surface area contributed by atoms with Crippen molar-refractivity contribution in [2.45, 2.75) is 13.2 Å². The molecule has 0 radical (unpaired) electrons. The van der Waals surface area contributed by atoms with Crippen molar-refractivity contribution in [1.82, 2.24) is 14.7 Å². The molecule has 0 saturated heterocycles. The molecule has 6 nitrogen and oxygen atoms in total. The number of benzene rings is 2. The number of carbonyl (C=O) groups is 1. The van der Waals surface area contributed by atoms with Gasteiger partial charge in [-0.1, -0.05) is 36.4 Å². The summed E-state index contributed by atoms with van der Waals surface area (Å²) in [5.74, 6) is 0.817. The number of hydrogen-bond donors (Lipinski definition) is 1. The van der Waals surface area contributed by atoms with E-state index in [4.69, 9.17) is 9.47 Å². The molecule has 0 spiro atoms. The Kier molecular flexibility index (Phi) is 5.99. The molecule has 1 amide bonds. The number of rotatable bonds is 7. The van der Waals surface area contributed by atoms with Gasteiger partial charge < -0.3 is 19.2 Å². The van der Waals surface area contributed by atoms with E-state index in [1.54, 1.807) is 19.2 Å². The lowest BCUT2D eigenvalue weighted by Gasteiger charge is -2.14. The second-order valence-corrected chi connectivity index (χ2v) is 7.50. The van der Waals surface area contributed by atoms with Crippen molar-refractivity contribution in [3.63, 3.8) is 0 Å². The van der Waals surface area contributed by atoms with Crippen molar-refractivity contribution in [1.29, 1.82) is 0 Å². The fourth-order valence-electron chi connectivity index (χ4n) is 3.07. The number of ether oxygens (including phenoxy) is 2. The number of methoxy groups -OCH3 is 1. The second kappa shape index (κ2) is 9.00. The minimum Gasteiger partial charge on any atom is -0.493 e. The highest BCUT2D eigenvalue weighted by Crippen LogP contribution is 2.37. The summed E-state index contributed by atoms with van der Waals surface area (Å²) in [5.41, 5.74) is 3.13. The van der Waals surface area contributed by atoms with Crippen LogP contribution < -0.4 is 14.8 Å². The molecule has 2 aromatic carbocycles. The van der Waals surface area contributed by atoms with Crippen LogP contribution in [0.2, 0.25) is 0 Å². The molecule has 0 unspecified atom stereocenters. The third-order valence-corrected chi connectivity index (χ3v) is 5.15. The molecule has 0 fully saturated rings. The highest BCUT2D eigenvalue weighted by atomic mass is 79.9. The van der Waals surface area contributed by atoms with Gasteiger partial charge in [-0.15, -0.1) is 0 Å². The van der Waals surface area contributed by atoms with Gasteiger partial charge in [-0.05, 0) is 45.8 Å². The number of nitrogens with one attached hydrogen (secondary N) is 1. The molecule has 152 valence electrons. The summed E-state index contributed by atoms with van der Waals surface area (Å²) in [6.07, 6.45) is 3.82. The van der Waals surface area contributed by atoms with Crippen molar-refractivity contribution < 1.29 is 14.3 Å². The highest BCUT2D eigenvalue weighted by molar-refractivity contribution is 9.10. The zero-order valence-corrected chi connectivity index (χ0v) is 17.9. The Morgan fingerprint density at radius 1 is 1.13 bits per heavy atom. The van der Waals surface area contributed by atoms with Crippen LogP contribution in [0.3, 0.4) is 0 Å². The zero-order valence-electron chi connectivity index (χ0n) is 16.3. The Morgan fingerprint density at radius 2 is 1.93 bits per heavy atom. The smallest absolute Gasteiger partial charge is 0.251 e. The van der Waals surface area contributed by atoms with E-state index in [0.29, 0.717) is 34.7 Å². The number of carbonyl (C=O) groups excluding carboxylic acids is 1. The molecule has 0 saturated carbocycles. The van der Waals surface area contributed by atoms with Gasteiger partial charge in [-0.2, -0.15) is 0 Å². The normalized spacial score (nSPS) is 10.7. The summed E-state index contributed by atoms with van der Waals surface area (Å²) in [6, 6.07) is 19.0. The van der Waals surface area contributed by atoms with Crippen LogP contribution in [0.25, 0.3) is 5.65 Å². The summed E-state index contributed by atoms with van der Waals surface area (Å²) in [6.45, 7) is 0.724. The van der Waals surface area contributed by atoms with Crippen molar-refractivity contribution in [2.24, 2.45) is 0 Å². The van der Waals surface area contributed by atoms with Crippen LogP contribution in [0, 0.1) is 0 Å². The first-order chi connectivity index (χ1) is 14.6. The quantitative estimate of drug-likeness (QED) is 0.432. The lowest BCUT2D eigenvalue weighted by atomic mass is 10.2. The maximum atomic E-state index is 12.7. The third kappa shape index (κ3) is 4.46. The Balaban J connectivity index is 1.46. The number of amides is 1. The minimum atomic E-state index is -0.222. The molecular weight excluding hydrogens is 446 g/mol. The lowest BCUT2D eigenvalue weighted by Crippen LogP contribution is -2.23. The topological polar surface area (TPSA) is 64.9 Å². The van der Waals surface area contributed by atoms with Crippen LogP contribution in [0.15, 0.2) is 77.5 Å². The van der Waals surface area contributed by atoms with Crippen LogP contribution in [0.1, 0.15) is 21.6 Å². The van der Waals surface area contributed by atoms with Gasteiger partial charge in [0, 0.05) is 18.0 Å². The second-order valence-electron chi connectivity index (χ2n) is 6.64. The van der Waals surface area contributed by atoms with Crippen LogP contribution in [-0.4, -0.2) is 22.4 Å².